The van der Waals surface area contributed by atoms with Crippen LogP contribution >= 0.6 is 0 Å². The first-order chi connectivity index (χ1) is 10.1. The van der Waals surface area contributed by atoms with Crippen LogP contribution in [0.2, 0.25) is 0 Å². The molecule has 2 rings (SSSR count). The fourth-order valence-corrected chi connectivity index (χ4v) is 3.14. The molecule has 2 aliphatic rings. The van der Waals surface area contributed by atoms with E-state index in [4.69, 9.17) is 14.2 Å². The van der Waals surface area contributed by atoms with Gasteiger partial charge < -0.3 is 19.5 Å². The molecule has 0 bridgehead atoms. The molecular weight excluding hydrogens is 274 g/mol. The largest absolute Gasteiger partial charge is 0.469 e. The molecule has 6 nitrogen and oxygen atoms in total. The maximum Gasteiger partial charge on any atom is 0.310 e. The highest BCUT2D eigenvalue weighted by molar-refractivity contribution is 5.79. The van der Waals surface area contributed by atoms with E-state index >= 15 is 0 Å². The molecule has 0 radical (unpaired) electrons. The number of nitrogens with one attached hydrogen (secondary N) is 1. The Bertz CT molecular complexity index is 378. The third-order valence-corrected chi connectivity index (χ3v) is 4.22. The Morgan fingerprint density at radius 3 is 2.57 bits per heavy atom. The second-order valence-corrected chi connectivity index (χ2v) is 5.78. The number of esters is 1. The minimum atomic E-state index is -0.722. The molecule has 1 saturated heterocycles. The van der Waals surface area contributed by atoms with Crippen LogP contribution < -0.4 is 5.32 Å². The van der Waals surface area contributed by atoms with Crippen molar-refractivity contribution >= 4 is 11.9 Å². The summed E-state index contributed by atoms with van der Waals surface area (Å²) in [6.07, 6.45) is 4.43. The Morgan fingerprint density at radius 1 is 1.24 bits per heavy atom. The predicted octanol–water partition coefficient (Wildman–Crippen LogP) is 1.38. The van der Waals surface area contributed by atoms with E-state index in [1.54, 1.807) is 0 Å². The van der Waals surface area contributed by atoms with Gasteiger partial charge in [0, 0.05) is 25.3 Å². The second kappa shape index (κ2) is 7.22. The van der Waals surface area contributed by atoms with Gasteiger partial charge in [0.15, 0.2) is 5.79 Å². The number of amides is 1. The molecule has 2 fully saturated rings. The van der Waals surface area contributed by atoms with Crippen molar-refractivity contribution in [1.29, 1.82) is 0 Å². The lowest BCUT2D eigenvalue weighted by Gasteiger charge is -2.21. The number of hydrogen-bond donors (Lipinski definition) is 1. The van der Waals surface area contributed by atoms with Gasteiger partial charge in [-0.25, -0.2) is 0 Å². The number of methoxy groups -OCH3 is 1. The fraction of sp³-hybridized carbons (Fsp3) is 0.867. The molecule has 1 heterocycles. The van der Waals surface area contributed by atoms with E-state index in [-0.39, 0.29) is 17.9 Å². The zero-order valence-electron chi connectivity index (χ0n) is 12.9. The van der Waals surface area contributed by atoms with Gasteiger partial charge in [0.25, 0.3) is 0 Å². The van der Waals surface area contributed by atoms with E-state index < -0.39 is 11.7 Å². The normalized spacial score (nSPS) is 27.0. The van der Waals surface area contributed by atoms with Gasteiger partial charge in [-0.1, -0.05) is 19.8 Å². The van der Waals surface area contributed by atoms with E-state index in [2.05, 4.69) is 12.2 Å². The number of carbonyl (C=O) groups excluding carboxylic acids is 2. The molecule has 1 spiro atoms. The lowest BCUT2D eigenvalue weighted by atomic mass is 10.0. The van der Waals surface area contributed by atoms with Crippen molar-refractivity contribution < 1.29 is 23.8 Å². The first kappa shape index (κ1) is 16.2. The Labute approximate surface area is 125 Å². The van der Waals surface area contributed by atoms with Crippen LogP contribution in [0.15, 0.2) is 0 Å². The number of unbranched alkanes of at least 4 members (excludes halogenated alkanes) is 2. The zero-order chi connectivity index (χ0) is 15.3. The molecule has 1 saturated carbocycles. The monoisotopic (exact) mass is 299 g/mol. The molecule has 1 aliphatic heterocycles. The molecule has 6 heteroatoms. The highest BCUT2D eigenvalue weighted by Gasteiger charge is 2.52. The van der Waals surface area contributed by atoms with Crippen LogP contribution in [0.3, 0.4) is 0 Å². The van der Waals surface area contributed by atoms with Gasteiger partial charge in [0.05, 0.1) is 26.2 Å². The van der Waals surface area contributed by atoms with Crippen molar-refractivity contribution in [2.24, 2.45) is 5.92 Å². The first-order valence-electron chi connectivity index (χ1n) is 7.75. The van der Waals surface area contributed by atoms with E-state index in [0.29, 0.717) is 32.5 Å². The van der Waals surface area contributed by atoms with E-state index in [1.165, 1.54) is 7.11 Å². The Hall–Kier alpha value is -1.14. The molecule has 1 amide bonds. The number of hydrogen-bond acceptors (Lipinski definition) is 5. The van der Waals surface area contributed by atoms with E-state index in [0.717, 1.165) is 19.3 Å². The Morgan fingerprint density at radius 2 is 1.95 bits per heavy atom. The van der Waals surface area contributed by atoms with Crippen LogP contribution in [0.4, 0.5) is 0 Å². The van der Waals surface area contributed by atoms with E-state index in [1.807, 2.05) is 0 Å². The maximum absolute atomic E-state index is 12.0. The van der Waals surface area contributed by atoms with Crippen LogP contribution in [0.5, 0.6) is 0 Å². The summed E-state index contributed by atoms with van der Waals surface area (Å²) in [5.41, 5.74) is 0. The molecule has 1 N–H and O–H groups in total. The zero-order valence-corrected chi connectivity index (χ0v) is 12.9. The minimum Gasteiger partial charge on any atom is -0.469 e. The summed E-state index contributed by atoms with van der Waals surface area (Å²) in [4.78, 5) is 23.9. The average Bonchev–Trinajstić information content (AvgIpc) is 3.06. The van der Waals surface area contributed by atoms with Gasteiger partial charge in [0.2, 0.25) is 5.91 Å². The topological polar surface area (TPSA) is 73.9 Å². The first-order valence-corrected chi connectivity index (χ1v) is 7.75. The Kier molecular flexibility index (Phi) is 5.58. The molecule has 120 valence electrons. The van der Waals surface area contributed by atoms with Gasteiger partial charge in [-0.3, -0.25) is 9.59 Å². The lowest BCUT2D eigenvalue weighted by Crippen LogP contribution is -2.40. The summed E-state index contributed by atoms with van der Waals surface area (Å²) in [5.74, 6) is -1.45. The van der Waals surface area contributed by atoms with E-state index in [9.17, 15) is 9.59 Å². The molecule has 0 aromatic carbocycles. The van der Waals surface area contributed by atoms with Crippen molar-refractivity contribution in [2.45, 2.75) is 57.3 Å². The third-order valence-electron chi connectivity index (χ3n) is 4.22. The molecular formula is C15H25NO5. The van der Waals surface area contributed by atoms with Crippen molar-refractivity contribution in [2.75, 3.05) is 20.3 Å². The second-order valence-electron chi connectivity index (χ2n) is 5.78. The van der Waals surface area contributed by atoms with Crippen molar-refractivity contribution in [1.82, 2.24) is 5.32 Å². The van der Waals surface area contributed by atoms with Crippen molar-refractivity contribution in [3.8, 4) is 0 Å². The maximum atomic E-state index is 12.0. The summed E-state index contributed by atoms with van der Waals surface area (Å²) in [6, 6.07) is -0.273. The number of rotatable bonds is 6. The van der Waals surface area contributed by atoms with Crippen molar-refractivity contribution in [3.05, 3.63) is 0 Å². The molecule has 1 aliphatic carbocycles. The molecule has 21 heavy (non-hydrogen) atoms. The smallest absolute Gasteiger partial charge is 0.310 e. The van der Waals surface area contributed by atoms with Gasteiger partial charge >= 0.3 is 5.97 Å². The third kappa shape index (κ3) is 3.95. The fourth-order valence-electron chi connectivity index (χ4n) is 3.14. The Balaban J connectivity index is 1.94. The average molecular weight is 299 g/mol. The van der Waals surface area contributed by atoms with Gasteiger partial charge in [-0.05, 0) is 6.42 Å². The predicted molar refractivity (Wildman–Crippen MR) is 75.4 cm³/mol. The number of ether oxygens (including phenoxy) is 3. The van der Waals surface area contributed by atoms with Gasteiger partial charge in [-0.2, -0.15) is 0 Å². The SMILES string of the molecule is CCCCCC(=O)NC1CC2(CC1C(=O)OC)OCCO2. The van der Waals surface area contributed by atoms with Crippen LogP contribution in [-0.4, -0.2) is 44.0 Å². The van der Waals surface area contributed by atoms with Crippen LogP contribution in [0.1, 0.15) is 45.4 Å². The molecule has 2 unspecified atom stereocenters. The highest BCUT2D eigenvalue weighted by atomic mass is 16.7. The summed E-state index contributed by atoms with van der Waals surface area (Å²) in [6.45, 7) is 3.16. The minimum absolute atomic E-state index is 0.0163. The molecule has 0 aromatic heterocycles. The van der Waals surface area contributed by atoms with Crippen LogP contribution in [0, 0.1) is 5.92 Å². The standard InChI is InChI=1S/C15H25NO5/c1-3-4-5-6-13(17)16-12-10-15(20-7-8-21-15)9-11(12)14(18)19-2/h11-12H,3-10H2,1-2H3,(H,16,17). The summed E-state index contributed by atoms with van der Waals surface area (Å²) < 4.78 is 16.2. The number of carbonyl (C=O) groups is 2. The van der Waals surface area contributed by atoms with Crippen LogP contribution in [-0.2, 0) is 23.8 Å². The van der Waals surface area contributed by atoms with Gasteiger partial charge in [0.1, 0.15) is 0 Å². The van der Waals surface area contributed by atoms with Crippen LogP contribution in [0.25, 0.3) is 0 Å². The lowest BCUT2D eigenvalue weighted by molar-refractivity contribution is -0.161. The van der Waals surface area contributed by atoms with Crippen molar-refractivity contribution in [3.63, 3.8) is 0 Å². The quantitative estimate of drug-likeness (QED) is 0.592. The summed E-state index contributed by atoms with van der Waals surface area (Å²) in [7, 11) is 1.36. The highest BCUT2D eigenvalue weighted by Crippen LogP contribution is 2.41. The summed E-state index contributed by atoms with van der Waals surface area (Å²) in [5, 5.41) is 2.95. The summed E-state index contributed by atoms with van der Waals surface area (Å²) >= 11 is 0. The molecule has 0 aromatic rings. The van der Waals surface area contributed by atoms with Gasteiger partial charge in [-0.15, -0.1) is 0 Å². The molecule has 2 atom stereocenters.